The maximum atomic E-state index is 2.76. The number of hydrogen-bond donors (Lipinski definition) is 0. The Morgan fingerprint density at radius 1 is 1.05 bits per heavy atom. The number of rotatable bonds is 3. The lowest BCUT2D eigenvalue weighted by atomic mass is 9.99. The summed E-state index contributed by atoms with van der Waals surface area (Å²) in [7, 11) is 0. The molecule has 110 valence electrons. The Hall–Kier alpha value is -0.860. The van der Waals surface area contributed by atoms with Gasteiger partial charge in [-0.15, -0.1) is 0 Å². The standard InChI is InChI=1S/C18H28N2/c1-2-18(16-9-4-3-5-10-16)20-14-8-13-19-12-7-6-11-17(19)15-20/h3-5,9-10,17-18H,2,6-8,11-15H2,1H3. The van der Waals surface area contributed by atoms with E-state index in [0.717, 1.165) is 6.04 Å². The molecule has 2 nitrogen and oxygen atoms in total. The Labute approximate surface area is 123 Å². The molecule has 3 rings (SSSR count). The summed E-state index contributed by atoms with van der Waals surface area (Å²) in [5, 5.41) is 0. The Morgan fingerprint density at radius 2 is 1.85 bits per heavy atom. The molecule has 20 heavy (non-hydrogen) atoms. The maximum Gasteiger partial charge on any atom is 0.0346 e. The lowest BCUT2D eigenvalue weighted by Gasteiger charge is -2.37. The molecule has 2 heterocycles. The van der Waals surface area contributed by atoms with Gasteiger partial charge < -0.3 is 0 Å². The van der Waals surface area contributed by atoms with Crippen LogP contribution in [0.2, 0.25) is 0 Å². The number of hydrogen-bond acceptors (Lipinski definition) is 2. The van der Waals surface area contributed by atoms with Gasteiger partial charge in [0.15, 0.2) is 0 Å². The van der Waals surface area contributed by atoms with Gasteiger partial charge in [0.05, 0.1) is 0 Å². The second kappa shape index (κ2) is 6.73. The zero-order chi connectivity index (χ0) is 13.8. The predicted octanol–water partition coefficient (Wildman–Crippen LogP) is 3.70. The summed E-state index contributed by atoms with van der Waals surface area (Å²) in [5.41, 5.74) is 1.50. The normalized spacial score (nSPS) is 26.8. The molecule has 1 aromatic rings. The SMILES string of the molecule is CCC(c1ccccc1)N1CCCN2CCCCC2C1. The van der Waals surface area contributed by atoms with Crippen LogP contribution >= 0.6 is 0 Å². The smallest absolute Gasteiger partial charge is 0.0346 e. The molecule has 2 aliphatic heterocycles. The Bertz CT molecular complexity index is 403. The highest BCUT2D eigenvalue weighted by Crippen LogP contribution is 2.29. The highest BCUT2D eigenvalue weighted by Gasteiger charge is 2.29. The molecule has 2 fully saturated rings. The Balaban J connectivity index is 1.74. The van der Waals surface area contributed by atoms with Gasteiger partial charge in [0.2, 0.25) is 0 Å². The zero-order valence-electron chi connectivity index (χ0n) is 12.8. The number of nitrogens with zero attached hydrogens (tertiary/aromatic N) is 2. The molecule has 0 aliphatic carbocycles. The van der Waals surface area contributed by atoms with Gasteiger partial charge in [-0.2, -0.15) is 0 Å². The van der Waals surface area contributed by atoms with Crippen molar-refractivity contribution in [3.05, 3.63) is 35.9 Å². The van der Waals surface area contributed by atoms with Gasteiger partial charge in [0, 0.05) is 25.2 Å². The molecule has 2 heteroatoms. The van der Waals surface area contributed by atoms with Gasteiger partial charge in [-0.05, 0) is 44.3 Å². The van der Waals surface area contributed by atoms with Gasteiger partial charge in [-0.1, -0.05) is 43.7 Å². The highest BCUT2D eigenvalue weighted by molar-refractivity contribution is 5.19. The minimum absolute atomic E-state index is 0.609. The molecule has 0 aromatic heterocycles. The Kier molecular flexibility index (Phi) is 4.74. The van der Waals surface area contributed by atoms with Crippen LogP contribution in [-0.2, 0) is 0 Å². The van der Waals surface area contributed by atoms with Crippen molar-refractivity contribution in [3.63, 3.8) is 0 Å². The summed E-state index contributed by atoms with van der Waals surface area (Å²) in [6.45, 7) is 7.52. The highest BCUT2D eigenvalue weighted by atomic mass is 15.3. The lowest BCUT2D eigenvalue weighted by Crippen LogP contribution is -2.44. The molecular weight excluding hydrogens is 244 g/mol. The predicted molar refractivity (Wildman–Crippen MR) is 84.9 cm³/mol. The molecular formula is C18H28N2. The fourth-order valence-corrected chi connectivity index (χ4v) is 4.06. The van der Waals surface area contributed by atoms with Crippen molar-refractivity contribution in [1.82, 2.24) is 9.80 Å². The van der Waals surface area contributed by atoms with Gasteiger partial charge in [0.25, 0.3) is 0 Å². The molecule has 2 aliphatic rings. The largest absolute Gasteiger partial charge is 0.299 e. The minimum Gasteiger partial charge on any atom is -0.299 e. The molecule has 2 unspecified atom stereocenters. The fraction of sp³-hybridized carbons (Fsp3) is 0.667. The summed E-state index contributed by atoms with van der Waals surface area (Å²) in [6, 6.07) is 12.5. The first-order chi connectivity index (χ1) is 9.88. The number of fused-ring (bicyclic) bond motifs is 1. The van der Waals surface area contributed by atoms with Crippen LogP contribution in [0.5, 0.6) is 0 Å². The van der Waals surface area contributed by atoms with E-state index in [2.05, 4.69) is 47.1 Å². The van der Waals surface area contributed by atoms with E-state index in [1.165, 1.54) is 63.8 Å². The third kappa shape index (κ3) is 3.07. The molecule has 0 radical (unpaired) electrons. The molecule has 0 N–H and O–H groups in total. The summed E-state index contributed by atoms with van der Waals surface area (Å²) in [5.74, 6) is 0. The van der Waals surface area contributed by atoms with Gasteiger partial charge >= 0.3 is 0 Å². The van der Waals surface area contributed by atoms with Crippen LogP contribution in [0.3, 0.4) is 0 Å². The van der Waals surface area contributed by atoms with Crippen molar-refractivity contribution >= 4 is 0 Å². The van der Waals surface area contributed by atoms with E-state index < -0.39 is 0 Å². The molecule has 2 atom stereocenters. The number of piperidine rings is 1. The topological polar surface area (TPSA) is 6.48 Å². The van der Waals surface area contributed by atoms with E-state index in [1.54, 1.807) is 0 Å². The fourth-order valence-electron chi connectivity index (χ4n) is 4.06. The molecule has 1 aromatic carbocycles. The van der Waals surface area contributed by atoms with Crippen LogP contribution in [0.4, 0.5) is 0 Å². The van der Waals surface area contributed by atoms with Crippen molar-refractivity contribution in [2.75, 3.05) is 26.2 Å². The average molecular weight is 272 g/mol. The first-order valence-electron chi connectivity index (χ1n) is 8.41. The van der Waals surface area contributed by atoms with E-state index in [1.807, 2.05) is 0 Å². The van der Waals surface area contributed by atoms with E-state index in [0.29, 0.717) is 6.04 Å². The second-order valence-electron chi connectivity index (χ2n) is 6.37. The number of benzene rings is 1. The zero-order valence-corrected chi connectivity index (χ0v) is 12.8. The average Bonchev–Trinajstić information content (AvgIpc) is 2.71. The first kappa shape index (κ1) is 14.1. The van der Waals surface area contributed by atoms with E-state index in [4.69, 9.17) is 0 Å². The summed E-state index contributed by atoms with van der Waals surface area (Å²) in [4.78, 5) is 5.51. The van der Waals surface area contributed by atoms with E-state index in [9.17, 15) is 0 Å². The van der Waals surface area contributed by atoms with Crippen molar-refractivity contribution in [2.45, 2.75) is 51.1 Å². The molecule has 0 amide bonds. The molecule has 0 spiro atoms. The van der Waals surface area contributed by atoms with Crippen LogP contribution in [0.15, 0.2) is 30.3 Å². The van der Waals surface area contributed by atoms with Crippen molar-refractivity contribution in [3.8, 4) is 0 Å². The van der Waals surface area contributed by atoms with Crippen molar-refractivity contribution in [1.29, 1.82) is 0 Å². The van der Waals surface area contributed by atoms with Gasteiger partial charge in [-0.3, -0.25) is 9.80 Å². The van der Waals surface area contributed by atoms with Gasteiger partial charge in [-0.25, -0.2) is 0 Å². The summed E-state index contributed by atoms with van der Waals surface area (Å²) in [6.07, 6.45) is 6.79. The van der Waals surface area contributed by atoms with Crippen LogP contribution in [0.1, 0.15) is 50.6 Å². The van der Waals surface area contributed by atoms with Crippen molar-refractivity contribution < 1.29 is 0 Å². The van der Waals surface area contributed by atoms with Crippen LogP contribution in [0.25, 0.3) is 0 Å². The second-order valence-corrected chi connectivity index (χ2v) is 6.37. The summed E-state index contributed by atoms with van der Waals surface area (Å²) >= 11 is 0. The molecule has 0 saturated carbocycles. The first-order valence-corrected chi connectivity index (χ1v) is 8.41. The van der Waals surface area contributed by atoms with Crippen LogP contribution in [0, 0.1) is 0 Å². The molecule has 2 saturated heterocycles. The lowest BCUT2D eigenvalue weighted by molar-refractivity contribution is 0.118. The molecule has 0 bridgehead atoms. The maximum absolute atomic E-state index is 2.76. The van der Waals surface area contributed by atoms with Crippen LogP contribution in [-0.4, -0.2) is 42.0 Å². The monoisotopic (exact) mass is 272 g/mol. The van der Waals surface area contributed by atoms with E-state index >= 15 is 0 Å². The third-order valence-corrected chi connectivity index (χ3v) is 5.10. The Morgan fingerprint density at radius 3 is 2.65 bits per heavy atom. The summed E-state index contributed by atoms with van der Waals surface area (Å²) < 4.78 is 0. The third-order valence-electron chi connectivity index (χ3n) is 5.10. The quantitative estimate of drug-likeness (QED) is 0.828. The van der Waals surface area contributed by atoms with E-state index in [-0.39, 0.29) is 0 Å². The minimum atomic E-state index is 0.609. The van der Waals surface area contributed by atoms with Crippen LogP contribution < -0.4 is 0 Å². The van der Waals surface area contributed by atoms with Gasteiger partial charge in [0.1, 0.15) is 0 Å². The van der Waals surface area contributed by atoms with Crippen molar-refractivity contribution in [2.24, 2.45) is 0 Å².